The van der Waals surface area contributed by atoms with E-state index in [1.165, 1.54) is 0 Å². The van der Waals surface area contributed by atoms with Gasteiger partial charge in [-0.25, -0.2) is 4.79 Å². The van der Waals surface area contributed by atoms with Crippen molar-refractivity contribution in [2.24, 2.45) is 0 Å². The van der Waals surface area contributed by atoms with Crippen LogP contribution in [0.5, 0.6) is 0 Å². The molecule has 22 heavy (non-hydrogen) atoms. The van der Waals surface area contributed by atoms with E-state index in [1.54, 1.807) is 0 Å². The third-order valence-electron chi connectivity index (χ3n) is 2.47. The number of hydrogen-bond donors (Lipinski definition) is 3. The number of rotatable bonds is 4. The summed E-state index contributed by atoms with van der Waals surface area (Å²) >= 11 is 5.81. The van der Waals surface area contributed by atoms with Crippen LogP contribution in [0.3, 0.4) is 0 Å². The average Bonchev–Trinajstić information content (AvgIpc) is 2.32. The van der Waals surface area contributed by atoms with E-state index >= 15 is 0 Å². The predicted molar refractivity (Wildman–Crippen MR) is 72.2 cm³/mol. The number of carbonyl (C=O) groups is 3. The molecule has 0 bridgehead atoms. The number of halogens is 1. The number of esters is 2. The molecule has 0 saturated carbocycles. The number of carbonyl (C=O) groups excluding carboxylic acids is 2. The summed E-state index contributed by atoms with van der Waals surface area (Å²) in [6.07, 6.45) is 3.61. The van der Waals surface area contributed by atoms with E-state index in [0.717, 1.165) is 38.2 Å². The molecule has 0 aliphatic heterocycles. The smallest absolute Gasteiger partial charge is 0.328 e. The summed E-state index contributed by atoms with van der Waals surface area (Å²) in [5.41, 5.74) is 0.00739. The lowest BCUT2D eigenvalue weighted by molar-refractivity contribution is -0.320. The highest BCUT2D eigenvalue weighted by atomic mass is 35.5. The molecule has 0 amide bonds. The largest absolute Gasteiger partial charge is 0.478 e. The molecule has 120 valence electrons. The first-order valence-corrected chi connectivity index (χ1v) is 6.23. The average molecular weight is 333 g/mol. The second-order valence-corrected chi connectivity index (χ2v) is 4.74. The quantitative estimate of drug-likeness (QED) is 0.378. The second kappa shape index (κ2) is 6.30. The lowest BCUT2D eigenvalue weighted by Crippen LogP contribution is -2.59. The van der Waals surface area contributed by atoms with Crippen molar-refractivity contribution in [3.05, 3.63) is 34.9 Å². The van der Waals surface area contributed by atoms with Gasteiger partial charge in [0, 0.05) is 26.0 Å². The maximum absolute atomic E-state index is 11.1. The Labute approximate surface area is 129 Å². The summed E-state index contributed by atoms with van der Waals surface area (Å²) in [5, 5.41) is 28.7. The molecule has 0 saturated heterocycles. The van der Waals surface area contributed by atoms with Crippen LogP contribution in [0.4, 0.5) is 0 Å². The maximum atomic E-state index is 11.1. The van der Waals surface area contributed by atoms with Gasteiger partial charge in [0.05, 0.1) is 5.03 Å². The second-order valence-electron chi connectivity index (χ2n) is 4.34. The van der Waals surface area contributed by atoms with Crippen molar-refractivity contribution in [2.45, 2.75) is 25.4 Å². The van der Waals surface area contributed by atoms with E-state index in [1.807, 2.05) is 0 Å². The molecule has 0 aromatic rings. The fourth-order valence-electron chi connectivity index (χ4n) is 1.69. The maximum Gasteiger partial charge on any atom is 0.328 e. The zero-order valence-corrected chi connectivity index (χ0v) is 12.3. The van der Waals surface area contributed by atoms with Gasteiger partial charge in [-0.05, 0) is 17.7 Å². The van der Waals surface area contributed by atoms with E-state index in [0.29, 0.717) is 0 Å². The molecule has 2 unspecified atom stereocenters. The zero-order chi connectivity index (χ0) is 17.1. The first-order valence-electron chi connectivity index (χ1n) is 5.85. The summed E-state index contributed by atoms with van der Waals surface area (Å²) in [6.45, 7) is 1.89. The van der Waals surface area contributed by atoms with Gasteiger partial charge in [-0.3, -0.25) is 9.59 Å². The van der Waals surface area contributed by atoms with Crippen molar-refractivity contribution in [2.75, 3.05) is 0 Å². The van der Waals surface area contributed by atoms with Gasteiger partial charge in [-0.15, -0.1) is 0 Å². The minimum absolute atomic E-state index is 0.00739. The van der Waals surface area contributed by atoms with E-state index in [-0.39, 0.29) is 5.57 Å². The number of carboxylic acids is 1. The standard InChI is InChI=1S/C13H13ClO8/c1-7(15)21-12(19)6-9(3-4-11(17)18)5-10(14)13(12,20)22-8(2)16/h3-6,19-20H,1-2H3,(H,17,18)/b4-3+. The Morgan fingerprint density at radius 1 is 1.18 bits per heavy atom. The van der Waals surface area contributed by atoms with E-state index in [9.17, 15) is 24.6 Å². The number of hydrogen-bond acceptors (Lipinski definition) is 7. The molecular weight excluding hydrogens is 320 g/mol. The molecule has 1 aliphatic rings. The summed E-state index contributed by atoms with van der Waals surface area (Å²) in [7, 11) is 0. The molecule has 2 atom stereocenters. The Hall–Kier alpha value is -2.16. The Bertz CT molecular complexity index is 605. The Kier molecular flexibility index (Phi) is 5.13. The molecule has 1 aliphatic carbocycles. The summed E-state index contributed by atoms with van der Waals surface area (Å²) in [4.78, 5) is 32.7. The molecule has 0 heterocycles. The number of aliphatic carboxylic acids is 1. The topological polar surface area (TPSA) is 130 Å². The Morgan fingerprint density at radius 3 is 2.18 bits per heavy atom. The lowest BCUT2D eigenvalue weighted by atomic mass is 9.94. The molecule has 0 aromatic carbocycles. The normalized spacial score (nSPS) is 27.9. The van der Waals surface area contributed by atoms with Crippen LogP contribution in [0, 0.1) is 0 Å². The molecule has 3 N–H and O–H groups in total. The van der Waals surface area contributed by atoms with Crippen LogP contribution < -0.4 is 0 Å². The van der Waals surface area contributed by atoms with Gasteiger partial charge < -0.3 is 24.8 Å². The monoisotopic (exact) mass is 332 g/mol. The summed E-state index contributed by atoms with van der Waals surface area (Å²) < 4.78 is 9.19. The van der Waals surface area contributed by atoms with Crippen molar-refractivity contribution in [1.29, 1.82) is 0 Å². The molecule has 0 radical (unpaired) electrons. The predicted octanol–water partition coefficient (Wildman–Crippen LogP) is 0.193. The van der Waals surface area contributed by atoms with Gasteiger partial charge in [0.2, 0.25) is 0 Å². The fraction of sp³-hybridized carbons (Fsp3) is 0.308. The van der Waals surface area contributed by atoms with Crippen LogP contribution in [0.1, 0.15) is 13.8 Å². The summed E-state index contributed by atoms with van der Waals surface area (Å²) in [5.74, 6) is -8.96. The zero-order valence-electron chi connectivity index (χ0n) is 11.6. The van der Waals surface area contributed by atoms with Gasteiger partial charge in [-0.2, -0.15) is 0 Å². The van der Waals surface area contributed by atoms with Gasteiger partial charge >= 0.3 is 29.5 Å². The Morgan fingerprint density at radius 2 is 1.73 bits per heavy atom. The molecule has 9 heteroatoms. The van der Waals surface area contributed by atoms with Gasteiger partial charge in [-0.1, -0.05) is 11.6 Å². The molecule has 0 aromatic heterocycles. The van der Waals surface area contributed by atoms with Crippen LogP contribution in [0.25, 0.3) is 0 Å². The van der Waals surface area contributed by atoms with Crippen molar-refractivity contribution >= 4 is 29.5 Å². The number of ether oxygens (including phenoxy) is 2. The first kappa shape index (κ1) is 17.9. The van der Waals surface area contributed by atoms with Crippen molar-refractivity contribution < 1.29 is 39.2 Å². The molecule has 1 rings (SSSR count). The van der Waals surface area contributed by atoms with Crippen LogP contribution in [0.2, 0.25) is 0 Å². The summed E-state index contributed by atoms with van der Waals surface area (Å²) in [6, 6.07) is 0. The third kappa shape index (κ3) is 3.73. The van der Waals surface area contributed by atoms with Gasteiger partial charge in [0.25, 0.3) is 0 Å². The van der Waals surface area contributed by atoms with E-state index < -0.39 is 34.5 Å². The highest BCUT2D eigenvalue weighted by Crippen LogP contribution is 2.41. The van der Waals surface area contributed by atoms with Crippen molar-refractivity contribution in [3.63, 3.8) is 0 Å². The lowest BCUT2D eigenvalue weighted by Gasteiger charge is -2.40. The van der Waals surface area contributed by atoms with Gasteiger partial charge in [0.1, 0.15) is 0 Å². The highest BCUT2D eigenvalue weighted by molar-refractivity contribution is 6.31. The van der Waals surface area contributed by atoms with Crippen LogP contribution >= 0.6 is 11.6 Å². The first-order chi connectivity index (χ1) is 10.00. The minimum Gasteiger partial charge on any atom is -0.478 e. The minimum atomic E-state index is -2.85. The molecule has 0 spiro atoms. The van der Waals surface area contributed by atoms with E-state index in [2.05, 4.69) is 9.47 Å². The third-order valence-corrected chi connectivity index (χ3v) is 2.84. The molecule has 0 fully saturated rings. The van der Waals surface area contributed by atoms with Crippen LogP contribution in [-0.2, 0) is 23.9 Å². The Balaban J connectivity index is 3.38. The van der Waals surface area contributed by atoms with Crippen molar-refractivity contribution in [1.82, 2.24) is 0 Å². The van der Waals surface area contributed by atoms with Gasteiger partial charge in [0.15, 0.2) is 0 Å². The number of aliphatic hydroxyl groups is 2. The molecular formula is C13H13ClO8. The number of allylic oxidation sites excluding steroid dienone is 3. The SMILES string of the molecule is CC(=O)OC1(O)C=C(/C=C/C(=O)O)C=C(Cl)C1(O)OC(C)=O. The van der Waals surface area contributed by atoms with Crippen molar-refractivity contribution in [3.8, 4) is 0 Å². The molecule has 8 nitrogen and oxygen atoms in total. The van der Waals surface area contributed by atoms with Crippen LogP contribution in [0.15, 0.2) is 34.9 Å². The van der Waals surface area contributed by atoms with E-state index in [4.69, 9.17) is 16.7 Å². The fourth-order valence-corrected chi connectivity index (χ4v) is 1.99. The number of carboxylic acid groups (broad SMARTS) is 1. The highest BCUT2D eigenvalue weighted by Gasteiger charge is 2.59. The van der Waals surface area contributed by atoms with Crippen LogP contribution in [-0.4, -0.2) is 44.8 Å².